The van der Waals surface area contributed by atoms with Crippen molar-refractivity contribution in [3.05, 3.63) is 129 Å². The zero-order valence-electron chi connectivity index (χ0n) is 28.9. The van der Waals surface area contributed by atoms with Crippen LogP contribution in [0.1, 0.15) is 57.4 Å². The average molecular weight is 717 g/mol. The highest BCUT2D eigenvalue weighted by molar-refractivity contribution is 6.31. The van der Waals surface area contributed by atoms with Gasteiger partial charge in [-0.25, -0.2) is 14.4 Å². The van der Waals surface area contributed by atoms with Crippen molar-refractivity contribution >= 4 is 34.9 Å². The molecule has 0 spiro atoms. The Balaban J connectivity index is 1.11. The van der Waals surface area contributed by atoms with Gasteiger partial charge in [0.1, 0.15) is 17.3 Å². The molecule has 0 unspecified atom stereocenters. The first-order valence-corrected chi connectivity index (χ1v) is 17.3. The number of nitrogens with two attached hydrogens (primary N) is 1. The van der Waals surface area contributed by atoms with Crippen LogP contribution >= 0.6 is 11.6 Å². The number of rotatable bonds is 12. The first-order chi connectivity index (χ1) is 25.4. The minimum Gasteiger partial charge on any atom is -0.496 e. The molecule has 52 heavy (non-hydrogen) atoms. The molecule has 9 nitrogen and oxygen atoms in total. The summed E-state index contributed by atoms with van der Waals surface area (Å²) in [6, 6.07) is 23.5. The Morgan fingerprint density at radius 1 is 0.962 bits per heavy atom. The predicted octanol–water partition coefficient (Wildman–Crippen LogP) is 7.50. The highest BCUT2D eigenvalue weighted by atomic mass is 35.5. The number of fused-ring (bicyclic) bond motifs is 3. The largest absolute Gasteiger partial charge is 0.496 e. The number of carbonyl (C=O) groups is 1. The first-order valence-electron chi connectivity index (χ1n) is 16.9. The Kier molecular flexibility index (Phi) is 11.8. The van der Waals surface area contributed by atoms with E-state index in [0.717, 1.165) is 42.4 Å². The second-order valence-corrected chi connectivity index (χ2v) is 12.5. The smallest absolute Gasteiger partial charge is 0.255 e. The third kappa shape index (κ3) is 8.40. The molecule has 0 saturated carbocycles. The van der Waals surface area contributed by atoms with Gasteiger partial charge >= 0.3 is 0 Å². The lowest BCUT2D eigenvalue weighted by Crippen LogP contribution is -2.25. The fourth-order valence-corrected chi connectivity index (χ4v) is 6.20. The highest BCUT2D eigenvalue weighted by Gasteiger charge is 2.25. The number of aliphatic imine (C=N–C) groups is 1. The van der Waals surface area contributed by atoms with Crippen LogP contribution in [-0.2, 0) is 13.0 Å². The maximum Gasteiger partial charge on any atom is 0.255 e. The summed E-state index contributed by atoms with van der Waals surface area (Å²) in [4.78, 5) is 27.2. The van der Waals surface area contributed by atoms with Crippen molar-refractivity contribution < 1.29 is 18.7 Å². The Hall–Kier alpha value is -5.76. The number of nitrogens with zero attached hydrogens (tertiary/aromatic N) is 3. The fraction of sp³-hybridized carbons (Fsp3) is 0.220. The first kappa shape index (κ1) is 36.0. The average Bonchev–Trinajstić information content (AvgIpc) is 3.31. The molecule has 264 valence electrons. The van der Waals surface area contributed by atoms with Crippen molar-refractivity contribution in [2.24, 2.45) is 10.7 Å². The topological polar surface area (TPSA) is 124 Å². The van der Waals surface area contributed by atoms with Crippen molar-refractivity contribution in [3.8, 4) is 34.6 Å². The van der Waals surface area contributed by atoms with E-state index in [0.29, 0.717) is 63.8 Å². The van der Waals surface area contributed by atoms with Crippen molar-refractivity contribution in [3.63, 3.8) is 0 Å². The molecule has 1 aliphatic heterocycles. The van der Waals surface area contributed by atoms with E-state index >= 15 is 4.39 Å². The lowest BCUT2D eigenvalue weighted by molar-refractivity contribution is 0.0950. The van der Waals surface area contributed by atoms with Gasteiger partial charge in [0.15, 0.2) is 0 Å². The van der Waals surface area contributed by atoms with Gasteiger partial charge in [-0.2, -0.15) is 0 Å². The monoisotopic (exact) mass is 716 g/mol. The quantitative estimate of drug-likeness (QED) is 0.0903. The van der Waals surface area contributed by atoms with E-state index in [2.05, 4.69) is 39.6 Å². The molecular formula is C41H38ClFN6O3. The second kappa shape index (κ2) is 17.0. The maximum atomic E-state index is 15.2. The summed E-state index contributed by atoms with van der Waals surface area (Å²) in [5, 5.41) is 6.71. The van der Waals surface area contributed by atoms with Crippen molar-refractivity contribution in [1.29, 1.82) is 0 Å². The molecule has 0 atom stereocenters. The summed E-state index contributed by atoms with van der Waals surface area (Å²) in [7, 11) is 3.02. The van der Waals surface area contributed by atoms with Gasteiger partial charge in [0.25, 0.3) is 5.91 Å². The normalized spacial score (nSPS) is 11.6. The molecule has 11 heteroatoms. The number of halogens is 2. The van der Waals surface area contributed by atoms with Gasteiger partial charge in [-0.15, -0.1) is 0 Å². The van der Waals surface area contributed by atoms with Gasteiger partial charge in [0.05, 0.1) is 49.8 Å². The number of hydrogen-bond donors (Lipinski definition) is 3. The van der Waals surface area contributed by atoms with Crippen LogP contribution in [0.3, 0.4) is 0 Å². The molecule has 0 aliphatic carbocycles. The molecule has 5 aromatic rings. The van der Waals surface area contributed by atoms with Gasteiger partial charge in [0, 0.05) is 51.8 Å². The highest BCUT2D eigenvalue weighted by Crippen LogP contribution is 2.36. The Morgan fingerprint density at radius 2 is 1.79 bits per heavy atom. The molecule has 1 amide bonds. The summed E-state index contributed by atoms with van der Waals surface area (Å²) < 4.78 is 26.3. The van der Waals surface area contributed by atoms with Crippen molar-refractivity contribution in [2.75, 3.05) is 32.6 Å². The number of aromatic nitrogens is 2. The summed E-state index contributed by atoms with van der Waals surface area (Å²) in [6.45, 7) is 1.12. The molecule has 4 aromatic carbocycles. The van der Waals surface area contributed by atoms with Crippen LogP contribution in [0.15, 0.2) is 90.1 Å². The van der Waals surface area contributed by atoms with E-state index in [9.17, 15) is 4.79 Å². The van der Waals surface area contributed by atoms with Gasteiger partial charge < -0.3 is 25.8 Å². The number of methoxy groups -OCH3 is 2. The van der Waals surface area contributed by atoms with Crippen molar-refractivity contribution in [2.45, 2.75) is 32.2 Å². The van der Waals surface area contributed by atoms with Gasteiger partial charge in [0.2, 0.25) is 5.95 Å². The van der Waals surface area contributed by atoms with Crippen LogP contribution in [0.2, 0.25) is 5.02 Å². The molecule has 6 rings (SSSR count). The van der Waals surface area contributed by atoms with Crippen LogP contribution in [-0.4, -0.2) is 48.9 Å². The van der Waals surface area contributed by atoms with E-state index in [1.54, 1.807) is 48.7 Å². The number of nitrogens with one attached hydrogen (secondary N) is 2. The summed E-state index contributed by atoms with van der Waals surface area (Å²) in [5.41, 5.74) is 12.1. The van der Waals surface area contributed by atoms with Crippen LogP contribution in [0.5, 0.6) is 11.5 Å². The fourth-order valence-electron chi connectivity index (χ4n) is 6.02. The molecule has 0 bridgehead atoms. The maximum absolute atomic E-state index is 15.2. The number of amides is 1. The van der Waals surface area contributed by atoms with Gasteiger partial charge in [-0.1, -0.05) is 54.1 Å². The zero-order valence-corrected chi connectivity index (χ0v) is 29.7. The van der Waals surface area contributed by atoms with E-state index in [1.165, 1.54) is 25.8 Å². The van der Waals surface area contributed by atoms with Crippen LogP contribution in [0.4, 0.5) is 16.0 Å². The predicted molar refractivity (Wildman–Crippen MR) is 203 cm³/mol. The minimum atomic E-state index is -0.460. The number of aryl methyl sites for hydroxylation is 1. The molecule has 1 aromatic heterocycles. The number of benzene rings is 4. The van der Waals surface area contributed by atoms with Crippen molar-refractivity contribution in [1.82, 2.24) is 15.3 Å². The lowest BCUT2D eigenvalue weighted by Gasteiger charge is -2.15. The molecule has 2 heterocycles. The molecule has 0 saturated heterocycles. The number of carbonyl (C=O) groups excluding carboxylic acids is 1. The molecule has 1 aliphatic rings. The third-order valence-corrected chi connectivity index (χ3v) is 8.85. The van der Waals surface area contributed by atoms with E-state index in [1.807, 2.05) is 18.2 Å². The van der Waals surface area contributed by atoms with Crippen LogP contribution in [0, 0.1) is 17.7 Å². The van der Waals surface area contributed by atoms with E-state index in [4.69, 9.17) is 36.8 Å². The SMILES string of the molecule is COc1cc(Nc2ncc3c(n2)-c2ccc(Cl)cc2C(c2c(F)cccc2OC)=NC3)ccc1C(=O)NCCCCCc1ccc(C#CCN)cc1. The molecule has 4 N–H and O–H groups in total. The minimum absolute atomic E-state index is 0.212. The van der Waals surface area contributed by atoms with Gasteiger partial charge in [-0.3, -0.25) is 9.79 Å². The molecule has 0 radical (unpaired) electrons. The number of ether oxygens (including phenoxy) is 2. The summed E-state index contributed by atoms with van der Waals surface area (Å²) in [6.07, 6.45) is 5.53. The Morgan fingerprint density at radius 3 is 2.58 bits per heavy atom. The third-order valence-electron chi connectivity index (χ3n) is 8.61. The molecule has 0 fully saturated rings. The lowest BCUT2D eigenvalue weighted by atomic mass is 9.94. The van der Waals surface area contributed by atoms with E-state index < -0.39 is 5.82 Å². The molecular weight excluding hydrogens is 679 g/mol. The number of unbranched alkanes of at least 4 members (excludes halogenated alkanes) is 2. The van der Waals surface area contributed by atoms with Crippen LogP contribution < -0.4 is 25.8 Å². The van der Waals surface area contributed by atoms with E-state index in [-0.39, 0.29) is 18.0 Å². The zero-order chi connectivity index (χ0) is 36.5. The number of anilines is 2. The standard InChI is InChI=1S/C41H38ClFN6O3/c1-51-35-11-6-10-34(43)37(35)39-33-22-29(42)16-18-31(33)38-28(24-46-39)25-47-41(49-38)48-30-17-19-32(36(23-30)52-2)40(50)45-21-5-3-4-8-26-12-14-27(15-13-26)9-7-20-44/h6,10-19,22-23,25H,3-5,8,20-21,24,44H2,1-2H3,(H,45,50)(H,47,48,49). The van der Waals surface area contributed by atoms with Crippen LogP contribution in [0.25, 0.3) is 11.3 Å². The Bertz CT molecular complexity index is 2180. The van der Waals surface area contributed by atoms with Gasteiger partial charge in [-0.05, 0) is 73.4 Å². The Labute approximate surface area is 307 Å². The summed E-state index contributed by atoms with van der Waals surface area (Å²) >= 11 is 6.44. The summed E-state index contributed by atoms with van der Waals surface area (Å²) in [5.74, 6) is 6.32. The second-order valence-electron chi connectivity index (χ2n) is 12.0. The number of hydrogen-bond acceptors (Lipinski definition) is 8.